The van der Waals surface area contributed by atoms with Crippen molar-refractivity contribution in [1.82, 2.24) is 9.88 Å². The van der Waals surface area contributed by atoms with Crippen molar-refractivity contribution in [1.29, 1.82) is 0 Å². The summed E-state index contributed by atoms with van der Waals surface area (Å²) in [5.74, 6) is 0.353. The van der Waals surface area contributed by atoms with E-state index in [4.69, 9.17) is 11.6 Å². The van der Waals surface area contributed by atoms with Gasteiger partial charge in [0.05, 0.1) is 6.04 Å². The SMILES string of the molecule is OC[C@H]1CCCN2CCc3c([nH]c4ccc(Cl)cc34)C12. The van der Waals surface area contributed by atoms with E-state index >= 15 is 0 Å². The second kappa shape index (κ2) is 4.76. The molecule has 2 aliphatic heterocycles. The van der Waals surface area contributed by atoms with E-state index in [2.05, 4.69) is 22.0 Å². The zero-order valence-electron chi connectivity index (χ0n) is 11.4. The van der Waals surface area contributed by atoms with Gasteiger partial charge in [0, 0.05) is 40.7 Å². The lowest BCUT2D eigenvalue weighted by molar-refractivity contribution is 0.0465. The largest absolute Gasteiger partial charge is 0.396 e. The maximum absolute atomic E-state index is 9.71. The lowest BCUT2D eigenvalue weighted by Gasteiger charge is -2.43. The van der Waals surface area contributed by atoms with Gasteiger partial charge in [-0.1, -0.05) is 11.6 Å². The van der Waals surface area contributed by atoms with Gasteiger partial charge in [-0.05, 0) is 49.6 Å². The summed E-state index contributed by atoms with van der Waals surface area (Å²) in [5.41, 5.74) is 3.89. The average molecular weight is 291 g/mol. The average Bonchev–Trinajstić information content (AvgIpc) is 2.84. The highest BCUT2D eigenvalue weighted by molar-refractivity contribution is 6.31. The predicted molar refractivity (Wildman–Crippen MR) is 81.1 cm³/mol. The maximum atomic E-state index is 9.71. The van der Waals surface area contributed by atoms with Gasteiger partial charge >= 0.3 is 0 Å². The Bertz CT molecular complexity index is 651. The summed E-state index contributed by atoms with van der Waals surface area (Å²) in [5, 5.41) is 11.8. The topological polar surface area (TPSA) is 39.3 Å². The van der Waals surface area contributed by atoms with E-state index < -0.39 is 0 Å². The molecular formula is C16H19ClN2O. The molecule has 0 aliphatic carbocycles. The molecule has 1 aromatic heterocycles. The molecule has 0 spiro atoms. The number of aliphatic hydroxyl groups is 1. The van der Waals surface area contributed by atoms with Crippen LogP contribution in [0.4, 0.5) is 0 Å². The number of fused-ring (bicyclic) bond motifs is 5. The Labute approximate surface area is 123 Å². The number of aliphatic hydroxyl groups excluding tert-OH is 1. The first kappa shape index (κ1) is 12.7. The fraction of sp³-hybridized carbons (Fsp3) is 0.500. The number of rotatable bonds is 1. The van der Waals surface area contributed by atoms with Crippen LogP contribution in [0, 0.1) is 5.92 Å². The third-order valence-electron chi connectivity index (χ3n) is 4.94. The van der Waals surface area contributed by atoms with Gasteiger partial charge in [0.1, 0.15) is 0 Å². The molecule has 3 nitrogen and oxygen atoms in total. The minimum Gasteiger partial charge on any atom is -0.396 e. The molecule has 106 valence electrons. The number of H-pyrrole nitrogens is 1. The predicted octanol–water partition coefficient (Wildman–Crippen LogP) is 3.12. The van der Waals surface area contributed by atoms with Crippen molar-refractivity contribution in [2.24, 2.45) is 5.92 Å². The third kappa shape index (κ3) is 1.80. The summed E-state index contributed by atoms with van der Waals surface area (Å²) in [4.78, 5) is 6.13. The van der Waals surface area contributed by atoms with Crippen LogP contribution in [0.25, 0.3) is 10.9 Å². The van der Waals surface area contributed by atoms with E-state index in [-0.39, 0.29) is 6.61 Å². The molecule has 20 heavy (non-hydrogen) atoms. The highest BCUT2D eigenvalue weighted by Gasteiger charge is 2.37. The minimum atomic E-state index is 0.275. The van der Waals surface area contributed by atoms with Crippen molar-refractivity contribution >= 4 is 22.5 Å². The van der Waals surface area contributed by atoms with Crippen molar-refractivity contribution in [3.63, 3.8) is 0 Å². The first-order valence-corrected chi connectivity index (χ1v) is 7.80. The van der Waals surface area contributed by atoms with Crippen molar-refractivity contribution < 1.29 is 5.11 Å². The van der Waals surface area contributed by atoms with Gasteiger partial charge in [0.2, 0.25) is 0 Å². The summed E-state index contributed by atoms with van der Waals surface area (Å²) in [6, 6.07) is 6.42. The molecule has 0 radical (unpaired) electrons. The Kier molecular flexibility index (Phi) is 3.02. The lowest BCUT2D eigenvalue weighted by Crippen LogP contribution is -2.44. The highest BCUT2D eigenvalue weighted by Crippen LogP contribution is 2.42. The molecule has 0 bridgehead atoms. The monoisotopic (exact) mass is 290 g/mol. The van der Waals surface area contributed by atoms with Crippen molar-refractivity contribution in [2.45, 2.75) is 25.3 Å². The van der Waals surface area contributed by atoms with Crippen LogP contribution >= 0.6 is 11.6 Å². The Balaban J connectivity index is 1.88. The van der Waals surface area contributed by atoms with Gasteiger partial charge in [-0.2, -0.15) is 0 Å². The third-order valence-corrected chi connectivity index (χ3v) is 5.18. The Hall–Kier alpha value is -1.03. The van der Waals surface area contributed by atoms with Gasteiger partial charge in [-0.3, -0.25) is 4.90 Å². The van der Waals surface area contributed by atoms with Crippen LogP contribution in [0.15, 0.2) is 18.2 Å². The molecule has 1 saturated heterocycles. The minimum absolute atomic E-state index is 0.275. The van der Waals surface area contributed by atoms with Crippen LogP contribution in [0.2, 0.25) is 5.02 Å². The van der Waals surface area contributed by atoms with E-state index in [1.807, 2.05) is 6.07 Å². The smallest absolute Gasteiger partial charge is 0.0551 e. The summed E-state index contributed by atoms with van der Waals surface area (Å²) < 4.78 is 0. The van der Waals surface area contributed by atoms with Crippen LogP contribution in [0.1, 0.15) is 30.1 Å². The number of nitrogens with zero attached hydrogens (tertiary/aromatic N) is 1. The summed E-state index contributed by atoms with van der Waals surface area (Å²) in [6.07, 6.45) is 3.39. The molecule has 0 saturated carbocycles. The van der Waals surface area contributed by atoms with E-state index in [1.165, 1.54) is 28.6 Å². The number of aromatic nitrogens is 1. The van der Waals surface area contributed by atoms with Crippen molar-refractivity contribution in [2.75, 3.05) is 19.7 Å². The van der Waals surface area contributed by atoms with Gasteiger partial charge < -0.3 is 10.1 Å². The van der Waals surface area contributed by atoms with E-state index in [9.17, 15) is 5.11 Å². The molecule has 2 aromatic rings. The normalized spacial score (nSPS) is 26.5. The van der Waals surface area contributed by atoms with Crippen molar-refractivity contribution in [3.8, 4) is 0 Å². The van der Waals surface area contributed by atoms with Gasteiger partial charge in [-0.15, -0.1) is 0 Å². The summed E-state index contributed by atoms with van der Waals surface area (Å²) in [6.45, 7) is 2.51. The van der Waals surface area contributed by atoms with Gasteiger partial charge in [-0.25, -0.2) is 0 Å². The molecule has 4 heteroatoms. The molecule has 3 heterocycles. The first-order valence-electron chi connectivity index (χ1n) is 7.43. The maximum Gasteiger partial charge on any atom is 0.0551 e. The zero-order chi connectivity index (χ0) is 13.7. The second-order valence-corrected chi connectivity index (χ2v) is 6.46. The number of nitrogens with one attached hydrogen (secondary N) is 1. The fourth-order valence-electron chi connectivity index (χ4n) is 4.03. The Morgan fingerprint density at radius 2 is 2.25 bits per heavy atom. The molecule has 1 aromatic carbocycles. The molecule has 0 amide bonds. The second-order valence-electron chi connectivity index (χ2n) is 6.02. The van der Waals surface area contributed by atoms with Crippen LogP contribution in [-0.4, -0.2) is 34.7 Å². The van der Waals surface area contributed by atoms with Crippen LogP contribution in [-0.2, 0) is 6.42 Å². The fourth-order valence-corrected chi connectivity index (χ4v) is 4.20. The molecular weight excluding hydrogens is 272 g/mol. The van der Waals surface area contributed by atoms with E-state index in [0.29, 0.717) is 12.0 Å². The lowest BCUT2D eigenvalue weighted by atomic mass is 9.83. The number of piperidine rings is 1. The number of benzene rings is 1. The van der Waals surface area contributed by atoms with E-state index in [1.54, 1.807) is 0 Å². The van der Waals surface area contributed by atoms with Gasteiger partial charge in [0.25, 0.3) is 0 Å². The molecule has 2 N–H and O–H groups in total. The Morgan fingerprint density at radius 3 is 3.10 bits per heavy atom. The standard InChI is InChI=1S/C16H19ClN2O/c17-11-3-4-14-13(8-11)12-5-7-19-6-1-2-10(9-20)16(19)15(12)18-14/h3-4,8,10,16,18,20H,1-2,5-7,9H2/t10-,16?/m1/s1. The number of hydrogen-bond donors (Lipinski definition) is 2. The van der Waals surface area contributed by atoms with Gasteiger partial charge in [0.15, 0.2) is 0 Å². The van der Waals surface area contributed by atoms with Crippen LogP contribution in [0.5, 0.6) is 0 Å². The molecule has 2 atom stereocenters. The number of halogens is 1. The van der Waals surface area contributed by atoms with Crippen LogP contribution in [0.3, 0.4) is 0 Å². The number of hydrogen-bond acceptors (Lipinski definition) is 2. The molecule has 4 rings (SSSR count). The number of aromatic amines is 1. The quantitative estimate of drug-likeness (QED) is 0.847. The van der Waals surface area contributed by atoms with E-state index in [0.717, 1.165) is 31.0 Å². The zero-order valence-corrected chi connectivity index (χ0v) is 12.2. The molecule has 1 unspecified atom stereocenters. The summed E-state index contributed by atoms with van der Waals surface area (Å²) in [7, 11) is 0. The summed E-state index contributed by atoms with van der Waals surface area (Å²) >= 11 is 6.15. The van der Waals surface area contributed by atoms with Crippen LogP contribution < -0.4 is 0 Å². The molecule has 2 aliphatic rings. The molecule has 1 fully saturated rings. The Morgan fingerprint density at radius 1 is 1.35 bits per heavy atom. The first-order chi connectivity index (χ1) is 9.78. The highest BCUT2D eigenvalue weighted by atomic mass is 35.5. The van der Waals surface area contributed by atoms with Crippen molar-refractivity contribution in [3.05, 3.63) is 34.5 Å².